The molecular formula is C24H27N3O5. The number of carbonyl (C=O) groups is 3. The highest BCUT2D eigenvalue weighted by atomic mass is 16.5. The lowest BCUT2D eigenvalue weighted by molar-refractivity contribution is -0.139. The predicted octanol–water partition coefficient (Wildman–Crippen LogP) is 2.14. The van der Waals surface area contributed by atoms with Gasteiger partial charge in [-0.3, -0.25) is 14.5 Å². The summed E-state index contributed by atoms with van der Waals surface area (Å²) >= 11 is 0. The van der Waals surface area contributed by atoms with Crippen LogP contribution in [0.4, 0.5) is 4.79 Å². The monoisotopic (exact) mass is 437 g/mol. The van der Waals surface area contributed by atoms with E-state index in [1.165, 1.54) is 0 Å². The van der Waals surface area contributed by atoms with Crippen molar-refractivity contribution in [1.29, 1.82) is 0 Å². The second kappa shape index (κ2) is 9.40. The number of carboxylic acids is 1. The molecule has 4 rings (SSSR count). The molecule has 2 aromatic rings. The van der Waals surface area contributed by atoms with Crippen LogP contribution in [-0.4, -0.2) is 78.2 Å². The number of nitrogens with zero attached hydrogens (tertiary/aromatic N) is 2. The van der Waals surface area contributed by atoms with E-state index in [-0.39, 0.29) is 25.0 Å². The number of hydrogen-bond donors (Lipinski definition) is 2. The minimum Gasteiger partial charge on any atom is -0.480 e. The van der Waals surface area contributed by atoms with Crippen molar-refractivity contribution < 1.29 is 24.2 Å². The molecule has 0 spiro atoms. The van der Waals surface area contributed by atoms with Gasteiger partial charge < -0.3 is 20.1 Å². The number of hydrogen-bond acceptors (Lipinski definition) is 5. The fourth-order valence-electron chi connectivity index (χ4n) is 4.47. The number of carboxylic acid groups (broad SMARTS) is 1. The van der Waals surface area contributed by atoms with Gasteiger partial charge in [0.2, 0.25) is 5.91 Å². The van der Waals surface area contributed by atoms with E-state index < -0.39 is 18.1 Å². The molecule has 1 heterocycles. The summed E-state index contributed by atoms with van der Waals surface area (Å²) in [5.74, 6) is -1.12. The fraction of sp³-hybridized carbons (Fsp3) is 0.375. The number of rotatable bonds is 6. The lowest BCUT2D eigenvalue weighted by atomic mass is 9.98. The Kier molecular flexibility index (Phi) is 6.41. The second-order valence-corrected chi connectivity index (χ2v) is 8.19. The Balaban J connectivity index is 1.30. The Labute approximate surface area is 186 Å². The summed E-state index contributed by atoms with van der Waals surface area (Å²) in [7, 11) is 0. The molecule has 32 heavy (non-hydrogen) atoms. The van der Waals surface area contributed by atoms with Crippen LogP contribution in [0.15, 0.2) is 48.5 Å². The number of amides is 2. The Morgan fingerprint density at radius 1 is 1.00 bits per heavy atom. The molecule has 1 fully saturated rings. The van der Waals surface area contributed by atoms with Crippen molar-refractivity contribution in [2.45, 2.75) is 18.9 Å². The SMILES string of the molecule is C[C@H](NC(=O)OCC1c2ccccc2-c2ccccc21)C(=O)N1CCN(CC(=O)O)CC1. The van der Waals surface area contributed by atoms with Gasteiger partial charge in [-0.15, -0.1) is 0 Å². The van der Waals surface area contributed by atoms with Crippen LogP contribution in [-0.2, 0) is 14.3 Å². The second-order valence-electron chi connectivity index (χ2n) is 8.19. The number of alkyl carbamates (subject to hydrolysis) is 1. The molecule has 0 unspecified atom stereocenters. The molecule has 0 saturated carbocycles. The van der Waals surface area contributed by atoms with E-state index in [0.29, 0.717) is 26.2 Å². The van der Waals surface area contributed by atoms with Gasteiger partial charge in [0.25, 0.3) is 0 Å². The van der Waals surface area contributed by atoms with Crippen molar-refractivity contribution in [2.75, 3.05) is 39.3 Å². The topological polar surface area (TPSA) is 99.2 Å². The maximum Gasteiger partial charge on any atom is 0.407 e. The molecule has 1 atom stereocenters. The fourth-order valence-corrected chi connectivity index (χ4v) is 4.47. The first kappa shape index (κ1) is 21.8. The number of benzene rings is 2. The van der Waals surface area contributed by atoms with Gasteiger partial charge in [0.1, 0.15) is 12.6 Å². The lowest BCUT2D eigenvalue weighted by Gasteiger charge is -2.35. The van der Waals surface area contributed by atoms with Crippen LogP contribution >= 0.6 is 0 Å². The van der Waals surface area contributed by atoms with Crippen LogP contribution in [0, 0.1) is 0 Å². The molecule has 0 bridgehead atoms. The number of ether oxygens (including phenoxy) is 1. The summed E-state index contributed by atoms with van der Waals surface area (Å²) in [4.78, 5) is 39.3. The molecule has 1 aliphatic heterocycles. The summed E-state index contributed by atoms with van der Waals surface area (Å²) in [6.45, 7) is 3.65. The molecule has 2 amide bonds. The van der Waals surface area contributed by atoms with Crippen LogP contribution < -0.4 is 5.32 Å². The predicted molar refractivity (Wildman–Crippen MR) is 118 cm³/mol. The van der Waals surface area contributed by atoms with Crippen molar-refractivity contribution in [2.24, 2.45) is 0 Å². The first-order valence-corrected chi connectivity index (χ1v) is 10.8. The minimum absolute atomic E-state index is 0.0322. The van der Waals surface area contributed by atoms with Crippen molar-refractivity contribution in [3.63, 3.8) is 0 Å². The van der Waals surface area contributed by atoms with Gasteiger partial charge in [-0.1, -0.05) is 48.5 Å². The van der Waals surface area contributed by atoms with Gasteiger partial charge in [-0.05, 0) is 29.2 Å². The van der Waals surface area contributed by atoms with Gasteiger partial charge in [-0.2, -0.15) is 0 Å². The quantitative estimate of drug-likeness (QED) is 0.719. The average molecular weight is 437 g/mol. The summed E-state index contributed by atoms with van der Waals surface area (Å²) < 4.78 is 5.51. The zero-order valence-corrected chi connectivity index (χ0v) is 18.0. The first-order valence-electron chi connectivity index (χ1n) is 10.8. The molecular weight excluding hydrogens is 410 g/mol. The minimum atomic E-state index is -0.880. The molecule has 0 aromatic heterocycles. The largest absolute Gasteiger partial charge is 0.480 e. The molecule has 8 heteroatoms. The van der Waals surface area contributed by atoms with Gasteiger partial charge in [0.05, 0.1) is 6.54 Å². The third-order valence-corrected chi connectivity index (χ3v) is 6.09. The molecule has 0 radical (unpaired) electrons. The van der Waals surface area contributed by atoms with Crippen LogP contribution in [0.2, 0.25) is 0 Å². The van der Waals surface area contributed by atoms with E-state index in [1.54, 1.807) is 16.7 Å². The van der Waals surface area contributed by atoms with Crippen molar-refractivity contribution in [3.8, 4) is 11.1 Å². The van der Waals surface area contributed by atoms with Crippen molar-refractivity contribution in [3.05, 3.63) is 59.7 Å². The molecule has 1 aliphatic carbocycles. The molecule has 8 nitrogen and oxygen atoms in total. The number of fused-ring (bicyclic) bond motifs is 3. The Morgan fingerprint density at radius 3 is 2.12 bits per heavy atom. The Hall–Kier alpha value is -3.39. The van der Waals surface area contributed by atoms with E-state index >= 15 is 0 Å². The normalized spacial score (nSPS) is 16.7. The summed E-state index contributed by atoms with van der Waals surface area (Å²) in [6, 6.07) is 15.5. The van der Waals surface area contributed by atoms with Crippen molar-refractivity contribution >= 4 is 18.0 Å². The summed E-state index contributed by atoms with van der Waals surface area (Å²) in [5, 5.41) is 11.5. The van der Waals surface area contributed by atoms with Gasteiger partial charge in [0, 0.05) is 32.1 Å². The van der Waals surface area contributed by atoms with Gasteiger partial charge in [0.15, 0.2) is 0 Å². The molecule has 2 aliphatic rings. The average Bonchev–Trinajstić information content (AvgIpc) is 3.11. The van der Waals surface area contributed by atoms with Crippen LogP contribution in [0.3, 0.4) is 0 Å². The first-order chi connectivity index (χ1) is 15.4. The number of carbonyl (C=O) groups excluding carboxylic acids is 2. The van der Waals surface area contributed by atoms with Gasteiger partial charge >= 0.3 is 12.1 Å². The van der Waals surface area contributed by atoms with Crippen molar-refractivity contribution in [1.82, 2.24) is 15.1 Å². The van der Waals surface area contributed by atoms with E-state index in [0.717, 1.165) is 22.3 Å². The maximum atomic E-state index is 12.7. The highest BCUT2D eigenvalue weighted by molar-refractivity contribution is 5.85. The maximum absolute atomic E-state index is 12.7. The van der Waals surface area contributed by atoms with E-state index in [4.69, 9.17) is 9.84 Å². The van der Waals surface area contributed by atoms with Crippen LogP contribution in [0.5, 0.6) is 0 Å². The number of piperazine rings is 1. The Bertz CT molecular complexity index is 971. The lowest BCUT2D eigenvalue weighted by Crippen LogP contribution is -2.54. The molecule has 1 saturated heterocycles. The van der Waals surface area contributed by atoms with E-state index in [9.17, 15) is 14.4 Å². The van der Waals surface area contributed by atoms with E-state index in [1.807, 2.05) is 24.3 Å². The zero-order chi connectivity index (χ0) is 22.7. The smallest absolute Gasteiger partial charge is 0.407 e. The van der Waals surface area contributed by atoms with Crippen LogP contribution in [0.1, 0.15) is 24.0 Å². The Morgan fingerprint density at radius 2 is 1.56 bits per heavy atom. The van der Waals surface area contributed by atoms with E-state index in [2.05, 4.69) is 29.6 Å². The van der Waals surface area contributed by atoms with Gasteiger partial charge in [-0.25, -0.2) is 4.79 Å². The highest BCUT2D eigenvalue weighted by Crippen LogP contribution is 2.44. The third-order valence-electron chi connectivity index (χ3n) is 6.09. The third kappa shape index (κ3) is 4.60. The number of nitrogens with one attached hydrogen (secondary N) is 1. The molecule has 2 N–H and O–H groups in total. The zero-order valence-electron chi connectivity index (χ0n) is 18.0. The number of aliphatic carboxylic acids is 1. The summed E-state index contributed by atoms with van der Waals surface area (Å²) in [6.07, 6.45) is -0.628. The molecule has 168 valence electrons. The molecule has 2 aromatic carbocycles. The summed E-state index contributed by atoms with van der Waals surface area (Å²) in [5.41, 5.74) is 4.57. The standard InChI is InChI=1S/C24H27N3O5/c1-16(23(30)27-12-10-26(11-13-27)14-22(28)29)25-24(31)32-15-21-19-8-4-2-6-17(19)18-7-3-5-9-20(18)21/h2-9,16,21H,10-15H2,1H3,(H,25,31)(H,28,29)/t16-/m0/s1. The van der Waals surface area contributed by atoms with Crippen LogP contribution in [0.25, 0.3) is 11.1 Å². The highest BCUT2D eigenvalue weighted by Gasteiger charge is 2.30.